The van der Waals surface area contributed by atoms with Crippen molar-refractivity contribution in [3.8, 4) is 6.07 Å². The van der Waals surface area contributed by atoms with Gasteiger partial charge in [0.2, 0.25) is 5.56 Å². The molecular formula is C14H10FN3O2. The van der Waals surface area contributed by atoms with Crippen LogP contribution in [0.4, 0.5) is 10.1 Å². The van der Waals surface area contributed by atoms with E-state index in [1.165, 1.54) is 31.3 Å². The highest BCUT2D eigenvalue weighted by atomic mass is 19.1. The van der Waals surface area contributed by atoms with Crippen LogP contribution in [0.3, 0.4) is 0 Å². The summed E-state index contributed by atoms with van der Waals surface area (Å²) in [6.07, 6.45) is 1.26. The first-order valence-electron chi connectivity index (χ1n) is 5.71. The lowest BCUT2D eigenvalue weighted by Gasteiger charge is -2.09. The lowest BCUT2D eigenvalue weighted by atomic mass is 10.1. The van der Waals surface area contributed by atoms with E-state index in [2.05, 4.69) is 10.3 Å². The third-order valence-electron chi connectivity index (χ3n) is 2.77. The molecule has 0 unspecified atom stereocenters. The number of amides is 1. The number of H-pyrrole nitrogens is 1. The quantitative estimate of drug-likeness (QED) is 0.875. The van der Waals surface area contributed by atoms with Gasteiger partial charge in [0.1, 0.15) is 5.82 Å². The summed E-state index contributed by atoms with van der Waals surface area (Å²) in [5.41, 5.74) is 0.478. The molecular weight excluding hydrogens is 261 g/mol. The van der Waals surface area contributed by atoms with Crippen molar-refractivity contribution in [2.75, 3.05) is 5.32 Å². The number of benzene rings is 1. The van der Waals surface area contributed by atoms with Crippen molar-refractivity contribution < 1.29 is 9.18 Å². The van der Waals surface area contributed by atoms with Crippen LogP contribution in [0.1, 0.15) is 21.5 Å². The van der Waals surface area contributed by atoms with Crippen molar-refractivity contribution in [1.29, 1.82) is 5.26 Å². The molecule has 0 atom stereocenters. The fourth-order valence-corrected chi connectivity index (χ4v) is 1.62. The zero-order valence-corrected chi connectivity index (χ0v) is 10.5. The molecule has 0 aliphatic rings. The monoisotopic (exact) mass is 271 g/mol. The molecule has 100 valence electrons. The van der Waals surface area contributed by atoms with Gasteiger partial charge < -0.3 is 10.3 Å². The minimum Gasteiger partial charge on any atom is -0.328 e. The van der Waals surface area contributed by atoms with Crippen LogP contribution in [0.15, 0.2) is 35.3 Å². The minimum absolute atomic E-state index is 0.116. The zero-order chi connectivity index (χ0) is 14.7. The lowest BCUT2D eigenvalue weighted by Crippen LogP contribution is -2.15. The average Bonchev–Trinajstić information content (AvgIpc) is 2.44. The number of hydrogen-bond donors (Lipinski definition) is 2. The molecule has 0 bridgehead atoms. The van der Waals surface area contributed by atoms with Gasteiger partial charge in [0.05, 0.1) is 17.2 Å². The van der Waals surface area contributed by atoms with Crippen LogP contribution in [0, 0.1) is 24.1 Å². The van der Waals surface area contributed by atoms with Crippen molar-refractivity contribution in [2.45, 2.75) is 6.92 Å². The van der Waals surface area contributed by atoms with Crippen LogP contribution < -0.4 is 10.9 Å². The highest BCUT2D eigenvalue weighted by Gasteiger charge is 2.11. The Kier molecular flexibility index (Phi) is 3.62. The molecule has 6 heteroatoms. The van der Waals surface area contributed by atoms with Crippen LogP contribution in [-0.2, 0) is 0 Å². The number of hydrogen-bond acceptors (Lipinski definition) is 3. The van der Waals surface area contributed by atoms with Crippen LogP contribution >= 0.6 is 0 Å². The van der Waals surface area contributed by atoms with Gasteiger partial charge in [0.25, 0.3) is 5.91 Å². The molecule has 0 saturated heterocycles. The van der Waals surface area contributed by atoms with Gasteiger partial charge in [-0.2, -0.15) is 5.26 Å². The largest absolute Gasteiger partial charge is 0.328 e. The van der Waals surface area contributed by atoms with Crippen molar-refractivity contribution >= 4 is 11.6 Å². The van der Waals surface area contributed by atoms with E-state index in [0.717, 1.165) is 6.07 Å². The topological polar surface area (TPSA) is 85.8 Å². The first-order valence-corrected chi connectivity index (χ1v) is 5.71. The molecule has 1 aromatic heterocycles. The molecule has 2 rings (SSSR count). The van der Waals surface area contributed by atoms with Gasteiger partial charge in [0.15, 0.2) is 0 Å². The number of aromatic nitrogens is 1. The number of aromatic amines is 1. The Morgan fingerprint density at radius 2 is 2.15 bits per heavy atom. The second-order valence-electron chi connectivity index (χ2n) is 4.14. The minimum atomic E-state index is -0.569. The Morgan fingerprint density at radius 3 is 2.75 bits per heavy atom. The van der Waals surface area contributed by atoms with Gasteiger partial charge in [0, 0.05) is 23.5 Å². The number of nitrogens with zero attached hydrogens (tertiary/aromatic N) is 1. The number of anilines is 1. The molecule has 0 aliphatic heterocycles. The molecule has 2 N–H and O–H groups in total. The molecule has 0 spiro atoms. The summed E-state index contributed by atoms with van der Waals surface area (Å²) in [4.78, 5) is 25.2. The van der Waals surface area contributed by atoms with Gasteiger partial charge in [-0.15, -0.1) is 0 Å². The zero-order valence-electron chi connectivity index (χ0n) is 10.5. The highest BCUT2D eigenvalue weighted by Crippen LogP contribution is 2.21. The molecule has 20 heavy (non-hydrogen) atoms. The molecule has 0 saturated carbocycles. The van der Waals surface area contributed by atoms with E-state index in [9.17, 15) is 14.0 Å². The fraction of sp³-hybridized carbons (Fsp3) is 0.0714. The Hall–Kier alpha value is -2.94. The smallest absolute Gasteiger partial charge is 0.257 e. The van der Waals surface area contributed by atoms with E-state index in [1.54, 1.807) is 0 Å². The Balaban J connectivity index is 2.32. The van der Waals surface area contributed by atoms with Crippen LogP contribution in [0.25, 0.3) is 0 Å². The number of carbonyl (C=O) groups is 1. The third-order valence-corrected chi connectivity index (χ3v) is 2.77. The first kappa shape index (κ1) is 13.5. The predicted molar refractivity (Wildman–Crippen MR) is 70.9 cm³/mol. The lowest BCUT2D eigenvalue weighted by molar-refractivity contribution is 0.102. The van der Waals surface area contributed by atoms with E-state index in [4.69, 9.17) is 5.26 Å². The Bertz CT molecular complexity index is 754. The SMILES string of the molecule is Cc1c(F)cc(C#N)cc1NC(=O)c1ccc(=O)[nH]c1. The standard InChI is InChI=1S/C14H10FN3O2/c1-8-11(15)4-9(6-16)5-12(8)18-14(20)10-2-3-13(19)17-7-10/h2-5,7H,1H3,(H,17,19)(H,18,20). The van der Waals surface area contributed by atoms with Crippen molar-refractivity contribution in [3.63, 3.8) is 0 Å². The molecule has 0 aliphatic carbocycles. The van der Waals surface area contributed by atoms with Gasteiger partial charge in [-0.1, -0.05) is 0 Å². The molecule has 0 radical (unpaired) electrons. The predicted octanol–water partition coefficient (Wildman–Crippen LogP) is 1.95. The van der Waals surface area contributed by atoms with Crippen molar-refractivity contribution in [2.24, 2.45) is 0 Å². The summed E-state index contributed by atoms with van der Waals surface area (Å²) in [5, 5.41) is 11.3. The van der Waals surface area contributed by atoms with Crippen LogP contribution in [0.2, 0.25) is 0 Å². The first-order chi connectivity index (χ1) is 9.51. The number of carbonyl (C=O) groups excluding carboxylic acids is 1. The second-order valence-corrected chi connectivity index (χ2v) is 4.14. The van der Waals surface area contributed by atoms with Crippen molar-refractivity contribution in [3.05, 3.63) is 63.3 Å². The number of halogens is 1. The molecule has 5 nitrogen and oxygen atoms in total. The summed E-state index contributed by atoms with van der Waals surface area (Å²) in [5.74, 6) is -1.07. The molecule has 1 amide bonds. The molecule has 2 aromatic rings. The normalized spacial score (nSPS) is 9.85. The third kappa shape index (κ3) is 2.72. The summed E-state index contributed by atoms with van der Waals surface area (Å²) in [6.45, 7) is 1.50. The average molecular weight is 271 g/mol. The summed E-state index contributed by atoms with van der Waals surface area (Å²) >= 11 is 0. The summed E-state index contributed by atoms with van der Waals surface area (Å²) < 4.78 is 13.6. The van der Waals surface area contributed by atoms with Crippen molar-refractivity contribution in [1.82, 2.24) is 4.98 Å². The summed E-state index contributed by atoms with van der Waals surface area (Å²) in [6, 6.07) is 6.88. The van der Waals surface area contributed by atoms with E-state index < -0.39 is 11.7 Å². The fourth-order valence-electron chi connectivity index (χ4n) is 1.62. The van der Waals surface area contributed by atoms with E-state index >= 15 is 0 Å². The van der Waals surface area contributed by atoms with Gasteiger partial charge in [-0.25, -0.2) is 4.39 Å². The van der Waals surface area contributed by atoms with Crippen LogP contribution in [-0.4, -0.2) is 10.9 Å². The van der Waals surface area contributed by atoms with Crippen LogP contribution in [0.5, 0.6) is 0 Å². The Labute approximate surface area is 113 Å². The maximum Gasteiger partial charge on any atom is 0.257 e. The van der Waals surface area contributed by atoms with E-state index in [0.29, 0.717) is 0 Å². The number of rotatable bonds is 2. The molecule has 1 aromatic carbocycles. The summed E-state index contributed by atoms with van der Waals surface area (Å²) in [7, 11) is 0. The maximum absolute atomic E-state index is 13.6. The number of nitriles is 1. The number of pyridine rings is 1. The molecule has 0 fully saturated rings. The number of nitrogens with one attached hydrogen (secondary N) is 2. The highest BCUT2D eigenvalue weighted by molar-refractivity contribution is 6.04. The Morgan fingerprint density at radius 1 is 1.40 bits per heavy atom. The van der Waals surface area contributed by atoms with Gasteiger partial charge >= 0.3 is 0 Å². The van der Waals surface area contributed by atoms with E-state index in [1.807, 2.05) is 6.07 Å². The van der Waals surface area contributed by atoms with Gasteiger partial charge in [-0.05, 0) is 25.1 Å². The second kappa shape index (κ2) is 5.36. The molecule has 1 heterocycles. The maximum atomic E-state index is 13.6. The van der Waals surface area contributed by atoms with E-state index in [-0.39, 0.29) is 27.9 Å². The van der Waals surface area contributed by atoms with Gasteiger partial charge in [-0.3, -0.25) is 9.59 Å².